The van der Waals surface area contributed by atoms with Crippen LogP contribution in [0.15, 0.2) is 12.3 Å². The number of hydrogen-bond donors (Lipinski definition) is 1. The highest BCUT2D eigenvalue weighted by Crippen LogP contribution is 2.26. The maximum atomic E-state index is 6.12. The van der Waals surface area contributed by atoms with Crippen molar-refractivity contribution in [2.75, 3.05) is 13.2 Å². The van der Waals surface area contributed by atoms with Gasteiger partial charge in [-0.25, -0.2) is 4.98 Å². The number of halogens is 1. The fourth-order valence-electron chi connectivity index (χ4n) is 1.83. The van der Waals surface area contributed by atoms with E-state index < -0.39 is 0 Å². The lowest BCUT2D eigenvalue weighted by Crippen LogP contribution is -2.26. The van der Waals surface area contributed by atoms with Crippen LogP contribution in [0.2, 0.25) is 5.02 Å². The van der Waals surface area contributed by atoms with Crippen LogP contribution in [-0.4, -0.2) is 24.3 Å². The van der Waals surface area contributed by atoms with E-state index in [1.807, 2.05) is 0 Å². The number of rotatable bonds is 4. The molecule has 2 rings (SSSR count). The van der Waals surface area contributed by atoms with Gasteiger partial charge >= 0.3 is 0 Å². The monoisotopic (exact) mass is 256 g/mol. The van der Waals surface area contributed by atoms with E-state index in [0.717, 1.165) is 25.0 Å². The van der Waals surface area contributed by atoms with Gasteiger partial charge in [0.25, 0.3) is 0 Å². The third-order valence-electron chi connectivity index (χ3n) is 2.84. The fourth-order valence-corrected chi connectivity index (χ4v) is 2.07. The number of pyridine rings is 1. The van der Waals surface area contributed by atoms with E-state index in [9.17, 15) is 0 Å². The molecule has 1 saturated heterocycles. The molecule has 1 fully saturated rings. The van der Waals surface area contributed by atoms with Gasteiger partial charge in [0.2, 0.25) is 5.88 Å². The molecule has 0 amide bonds. The Morgan fingerprint density at radius 2 is 2.41 bits per heavy atom. The van der Waals surface area contributed by atoms with Gasteiger partial charge in [-0.15, -0.1) is 0 Å². The predicted octanol–water partition coefficient (Wildman–Crippen LogP) is 2.14. The van der Waals surface area contributed by atoms with Crippen molar-refractivity contribution in [2.45, 2.75) is 31.9 Å². The van der Waals surface area contributed by atoms with Crippen LogP contribution < -0.4 is 10.5 Å². The quantitative estimate of drug-likeness (QED) is 0.897. The Hall–Kier alpha value is -0.840. The van der Waals surface area contributed by atoms with Crippen molar-refractivity contribution in [1.29, 1.82) is 0 Å². The SMILES string of the molecule is NCc1ccnc(OCC2CCCCO2)c1Cl. The Morgan fingerprint density at radius 3 is 3.12 bits per heavy atom. The van der Waals surface area contributed by atoms with Crippen molar-refractivity contribution < 1.29 is 9.47 Å². The number of nitrogens with two attached hydrogens (primary N) is 1. The molecule has 0 saturated carbocycles. The molecule has 17 heavy (non-hydrogen) atoms. The molecule has 1 aliphatic rings. The molecule has 1 aromatic rings. The van der Waals surface area contributed by atoms with Crippen LogP contribution in [0.4, 0.5) is 0 Å². The van der Waals surface area contributed by atoms with Gasteiger partial charge in [-0.2, -0.15) is 0 Å². The maximum absolute atomic E-state index is 6.12. The smallest absolute Gasteiger partial charge is 0.232 e. The summed E-state index contributed by atoms with van der Waals surface area (Å²) in [6.07, 6.45) is 5.18. The van der Waals surface area contributed by atoms with Gasteiger partial charge in [0.05, 0.1) is 6.10 Å². The summed E-state index contributed by atoms with van der Waals surface area (Å²) in [6, 6.07) is 1.80. The highest BCUT2D eigenvalue weighted by molar-refractivity contribution is 6.32. The van der Waals surface area contributed by atoms with E-state index >= 15 is 0 Å². The Balaban J connectivity index is 1.93. The molecule has 94 valence electrons. The third kappa shape index (κ3) is 3.31. The highest BCUT2D eigenvalue weighted by Gasteiger charge is 2.16. The minimum Gasteiger partial charge on any atom is -0.474 e. The lowest BCUT2D eigenvalue weighted by molar-refractivity contribution is -0.0119. The second-order valence-electron chi connectivity index (χ2n) is 4.09. The van der Waals surface area contributed by atoms with Crippen molar-refractivity contribution in [3.63, 3.8) is 0 Å². The van der Waals surface area contributed by atoms with Gasteiger partial charge in [-0.3, -0.25) is 0 Å². The largest absolute Gasteiger partial charge is 0.474 e. The summed E-state index contributed by atoms with van der Waals surface area (Å²) >= 11 is 6.12. The van der Waals surface area contributed by atoms with Crippen LogP contribution >= 0.6 is 11.6 Å². The first-order chi connectivity index (χ1) is 8.31. The molecule has 1 aromatic heterocycles. The molecule has 1 atom stereocenters. The number of hydrogen-bond acceptors (Lipinski definition) is 4. The first kappa shape index (κ1) is 12.6. The van der Waals surface area contributed by atoms with Crippen molar-refractivity contribution in [1.82, 2.24) is 4.98 Å². The second kappa shape index (κ2) is 6.19. The number of aromatic nitrogens is 1. The minimum absolute atomic E-state index is 0.156. The Bertz CT molecular complexity index is 368. The summed E-state index contributed by atoms with van der Waals surface area (Å²) in [6.45, 7) is 1.70. The summed E-state index contributed by atoms with van der Waals surface area (Å²) < 4.78 is 11.2. The summed E-state index contributed by atoms with van der Waals surface area (Å²) in [4.78, 5) is 4.11. The molecule has 1 unspecified atom stereocenters. The van der Waals surface area contributed by atoms with Crippen LogP contribution in [0.25, 0.3) is 0 Å². The molecule has 0 aromatic carbocycles. The molecule has 4 nitrogen and oxygen atoms in total. The lowest BCUT2D eigenvalue weighted by atomic mass is 10.1. The summed E-state index contributed by atoms with van der Waals surface area (Å²) in [7, 11) is 0. The van der Waals surface area contributed by atoms with Crippen LogP contribution in [0.5, 0.6) is 5.88 Å². The van der Waals surface area contributed by atoms with Crippen molar-refractivity contribution >= 4 is 11.6 Å². The van der Waals surface area contributed by atoms with Crippen molar-refractivity contribution in [3.8, 4) is 5.88 Å². The van der Waals surface area contributed by atoms with E-state index in [1.165, 1.54) is 6.42 Å². The second-order valence-corrected chi connectivity index (χ2v) is 4.47. The zero-order chi connectivity index (χ0) is 12.1. The van der Waals surface area contributed by atoms with Gasteiger partial charge in [0.15, 0.2) is 0 Å². The fraction of sp³-hybridized carbons (Fsp3) is 0.583. The molecule has 5 heteroatoms. The Labute approximate surface area is 106 Å². The van der Waals surface area contributed by atoms with E-state index in [0.29, 0.717) is 24.1 Å². The van der Waals surface area contributed by atoms with Crippen LogP contribution in [0.3, 0.4) is 0 Å². The van der Waals surface area contributed by atoms with Crippen molar-refractivity contribution in [3.05, 3.63) is 22.8 Å². The lowest BCUT2D eigenvalue weighted by Gasteiger charge is -2.22. The highest BCUT2D eigenvalue weighted by atomic mass is 35.5. The molecule has 0 aliphatic carbocycles. The number of ether oxygens (including phenoxy) is 2. The summed E-state index contributed by atoms with van der Waals surface area (Å²) in [5.41, 5.74) is 6.41. The molecule has 2 heterocycles. The molecular formula is C12H17ClN2O2. The molecular weight excluding hydrogens is 240 g/mol. The topological polar surface area (TPSA) is 57.4 Å². The van der Waals surface area contributed by atoms with Crippen LogP contribution in [-0.2, 0) is 11.3 Å². The normalized spacial score (nSPS) is 20.2. The van der Waals surface area contributed by atoms with Gasteiger partial charge in [0, 0.05) is 19.3 Å². The van der Waals surface area contributed by atoms with E-state index in [1.54, 1.807) is 12.3 Å². The van der Waals surface area contributed by atoms with Crippen molar-refractivity contribution in [2.24, 2.45) is 5.73 Å². The van der Waals surface area contributed by atoms with Crippen LogP contribution in [0, 0.1) is 0 Å². The maximum Gasteiger partial charge on any atom is 0.232 e. The summed E-state index contributed by atoms with van der Waals surface area (Å²) in [5, 5.41) is 0.505. The van der Waals surface area contributed by atoms with Gasteiger partial charge < -0.3 is 15.2 Å². The van der Waals surface area contributed by atoms with Gasteiger partial charge in [-0.1, -0.05) is 11.6 Å². The molecule has 0 spiro atoms. The van der Waals surface area contributed by atoms with Crippen LogP contribution in [0.1, 0.15) is 24.8 Å². The average molecular weight is 257 g/mol. The molecule has 2 N–H and O–H groups in total. The predicted molar refractivity (Wildman–Crippen MR) is 66.2 cm³/mol. The molecule has 1 aliphatic heterocycles. The van der Waals surface area contributed by atoms with E-state index in [4.69, 9.17) is 26.8 Å². The molecule has 0 bridgehead atoms. The van der Waals surface area contributed by atoms with E-state index in [2.05, 4.69) is 4.98 Å². The first-order valence-corrected chi connectivity index (χ1v) is 6.27. The summed E-state index contributed by atoms with van der Waals surface area (Å²) in [5.74, 6) is 0.448. The first-order valence-electron chi connectivity index (χ1n) is 5.89. The number of nitrogens with zero attached hydrogens (tertiary/aromatic N) is 1. The zero-order valence-electron chi connectivity index (χ0n) is 9.69. The van der Waals surface area contributed by atoms with E-state index in [-0.39, 0.29) is 6.10 Å². The zero-order valence-corrected chi connectivity index (χ0v) is 10.4. The third-order valence-corrected chi connectivity index (χ3v) is 3.24. The Kier molecular flexibility index (Phi) is 4.59. The Morgan fingerprint density at radius 1 is 1.53 bits per heavy atom. The van der Waals surface area contributed by atoms with Gasteiger partial charge in [-0.05, 0) is 30.9 Å². The standard InChI is InChI=1S/C12H17ClN2O2/c13-11-9(7-14)4-5-15-12(11)17-8-10-3-1-2-6-16-10/h4-5,10H,1-3,6-8,14H2. The van der Waals surface area contributed by atoms with Gasteiger partial charge in [0.1, 0.15) is 11.6 Å². The minimum atomic E-state index is 0.156. The average Bonchev–Trinajstić information content (AvgIpc) is 2.39. The molecule has 0 radical (unpaired) electrons.